The molecule has 0 amide bonds. The van der Waals surface area contributed by atoms with Gasteiger partial charge in [0.1, 0.15) is 133 Å². The number of ether oxygens (including phenoxy) is 9. The first-order valence-electron chi connectivity index (χ1n) is 41.5. The molecule has 15 rings (SSSR count). The third-order valence-electron chi connectivity index (χ3n) is 18.8. The van der Waals surface area contributed by atoms with Crippen molar-refractivity contribution in [1.82, 2.24) is 106 Å². The molecule has 0 aliphatic carbocycles. The highest BCUT2D eigenvalue weighted by atomic mass is 35.5. The number of H-pyrrole nitrogens is 1. The normalized spacial score (nSPS) is 11.7. The molecule has 1 aromatic carbocycles. The maximum Gasteiger partial charge on any atom is 0.420 e. The van der Waals surface area contributed by atoms with Gasteiger partial charge < -0.3 is 65.5 Å². The van der Waals surface area contributed by atoms with Crippen LogP contribution in [0, 0.1) is 5.41 Å². The van der Waals surface area contributed by atoms with Crippen LogP contribution in [-0.2, 0) is 74.2 Å². The minimum atomic E-state index is -1.94. The molecule has 33 nitrogen and oxygen atoms in total. The van der Waals surface area contributed by atoms with Gasteiger partial charge in [0.2, 0.25) is 14.8 Å². The molecule has 0 unspecified atom stereocenters. The molecule has 0 aliphatic heterocycles. The lowest BCUT2D eigenvalue weighted by molar-refractivity contribution is -0.282. The highest BCUT2D eigenvalue weighted by Gasteiger charge is 2.46. The zero-order valence-electron chi connectivity index (χ0n) is 76.1. The highest BCUT2D eigenvalue weighted by Crippen LogP contribution is 2.39. The van der Waals surface area contributed by atoms with Crippen molar-refractivity contribution in [2.75, 3.05) is 53.7 Å². The summed E-state index contributed by atoms with van der Waals surface area (Å²) in [7, 11) is 1.40. The number of aromatic nitrogens is 21. The van der Waals surface area contributed by atoms with Crippen molar-refractivity contribution in [3.63, 3.8) is 0 Å². The number of halogens is 7. The van der Waals surface area contributed by atoms with Gasteiger partial charge >= 0.3 is 12.1 Å². The van der Waals surface area contributed by atoms with Crippen LogP contribution in [0.2, 0.25) is 72.8 Å². The van der Waals surface area contributed by atoms with Crippen molar-refractivity contribution in [2.24, 2.45) is 5.41 Å². The van der Waals surface area contributed by atoms with E-state index in [0.717, 1.165) is 67.1 Å². The molecule has 129 heavy (non-hydrogen) atoms. The number of nitrogens with zero attached hydrogens (tertiary/aromatic N) is 21. The van der Waals surface area contributed by atoms with Crippen LogP contribution in [0.3, 0.4) is 0 Å². The maximum absolute atomic E-state index is 11.9. The van der Waals surface area contributed by atoms with Gasteiger partial charge in [0.25, 0.3) is 6.48 Å². The summed E-state index contributed by atoms with van der Waals surface area (Å²) in [6.07, 6.45) is 22.0. The predicted octanol–water partition coefficient (Wildman–Crippen LogP) is 21.5. The molecule has 0 spiro atoms. The van der Waals surface area contributed by atoms with E-state index in [0.29, 0.717) is 123 Å². The van der Waals surface area contributed by atoms with Gasteiger partial charge in [-0.3, -0.25) is 13.9 Å². The van der Waals surface area contributed by atoms with Gasteiger partial charge in [-0.1, -0.05) is 159 Å². The number of esters is 1. The fourth-order valence-electron chi connectivity index (χ4n) is 13.0. The maximum atomic E-state index is 11.9. The summed E-state index contributed by atoms with van der Waals surface area (Å²) >= 11 is 41.7. The molecule has 14 heterocycles. The summed E-state index contributed by atoms with van der Waals surface area (Å²) in [5.74, 6) is -0.260. The minimum absolute atomic E-state index is 0.118. The van der Waals surface area contributed by atoms with Crippen molar-refractivity contribution in [2.45, 2.75) is 186 Å². The van der Waals surface area contributed by atoms with Crippen LogP contribution in [0.25, 0.3) is 77.2 Å². The van der Waals surface area contributed by atoms with E-state index in [4.69, 9.17) is 124 Å². The van der Waals surface area contributed by atoms with Crippen LogP contribution >= 0.6 is 81.2 Å². The van der Waals surface area contributed by atoms with E-state index in [1.807, 2.05) is 144 Å². The SMILES string of the molecule is CC(C)(C)C(=O)OCn1ccc2c(Cl)ncnc21.CC(C)(C)OC(=O)n1ccc2c(Cl)ncnc21.CC(C)[Si](C(C)C)(N(C)C)n1ccc2c(Cl)ncnc21.CCOC(OCC)OCC.CCOC(OCC)n1ccc2c(Cl)ncnc21.C[Si](C)(C)CCOCn1ccc2c(Cl)ncnc21.Clc1ncnc2[nH]ccc12.Clc1ncnc2c1ccn2COCc1ccccc1. The number of rotatable bonds is 26. The first-order chi connectivity index (χ1) is 61.4. The van der Waals surface area contributed by atoms with Crippen molar-refractivity contribution >= 4 is 187 Å². The molecule has 42 heteroatoms. The number of aromatic amines is 1. The molecule has 0 fully saturated rings. The smallest absolute Gasteiger partial charge is 0.420 e. The number of fused-ring (bicyclic) bond motifs is 7. The van der Waals surface area contributed by atoms with Crippen molar-refractivity contribution < 1.29 is 52.2 Å². The first kappa shape index (κ1) is 105. The zero-order chi connectivity index (χ0) is 94.3. The lowest BCUT2D eigenvalue weighted by atomic mass is 9.98. The second-order valence-electron chi connectivity index (χ2n) is 32.2. The number of nitrogens with one attached hydrogen (secondary N) is 1. The lowest BCUT2D eigenvalue weighted by Gasteiger charge is -2.45. The van der Waals surface area contributed by atoms with E-state index >= 15 is 0 Å². The second-order valence-corrected chi connectivity index (χ2v) is 45.6. The number of carbonyl (C=O) groups excluding carboxylic acids is 2. The number of benzene rings is 1. The zero-order valence-corrected chi connectivity index (χ0v) is 83.4. The van der Waals surface area contributed by atoms with Crippen LogP contribution in [0.5, 0.6) is 0 Å². The Balaban J connectivity index is 0.000000184. The quantitative estimate of drug-likeness (QED) is 0.0173. The van der Waals surface area contributed by atoms with E-state index in [1.54, 1.807) is 67.0 Å². The number of hydrogen-bond donors (Lipinski definition) is 1. The van der Waals surface area contributed by atoms with Gasteiger partial charge in [-0.15, -0.1) is 0 Å². The minimum Gasteiger partial charge on any atom is -0.443 e. The molecule has 0 aliphatic rings. The Morgan fingerprint density at radius 1 is 0.442 bits per heavy atom. The Morgan fingerprint density at radius 3 is 1.26 bits per heavy atom. The van der Waals surface area contributed by atoms with Crippen LogP contribution in [0.1, 0.15) is 116 Å². The third-order valence-corrected chi connectivity index (χ3v) is 28.6. The fourth-order valence-corrected chi connectivity index (χ4v) is 20.9. The second kappa shape index (κ2) is 50.3. The molecular weight excluding hydrogens is 1830 g/mol. The Kier molecular flexibility index (Phi) is 41.0. The van der Waals surface area contributed by atoms with Gasteiger partial charge in [-0.2, -0.15) is 0 Å². The van der Waals surface area contributed by atoms with Crippen LogP contribution in [0.4, 0.5) is 4.79 Å². The van der Waals surface area contributed by atoms with Gasteiger partial charge in [0, 0.05) is 84.9 Å². The lowest BCUT2D eigenvalue weighted by Crippen LogP contribution is -2.60. The highest BCUT2D eigenvalue weighted by molar-refractivity contribution is 6.79. The molecule has 0 atom stereocenters. The third kappa shape index (κ3) is 29.6. The molecule has 0 saturated carbocycles. The van der Waals surface area contributed by atoms with Crippen LogP contribution in [0.15, 0.2) is 160 Å². The summed E-state index contributed by atoms with van der Waals surface area (Å²) in [6.45, 7) is 41.6. The fraction of sp³-hybridized carbons (Fsp3) is 0.425. The standard InChI is InChI=1S/C14H23ClN4Si.C14H12ClN3O.C12H14ClN3O2.C12H18ClN3OSi.C11H12ClN3O2.C11H14ClN3O2.C7H16O3.C6H4ClN3/c1-10(2)20(11(3)4,18(5)6)19-8-7-12-13(15)16-9-17-14(12)19;15-13-12-6-7-18(14(12)17-9-16-13)10-19-8-11-4-2-1-3-5-11;1-12(2,3)11(17)18-7-16-5-4-8-9(13)14-6-15-10(8)16;1-18(2,3)7-6-17-9-16-5-4-10-11(13)14-8-15-12(10)16;1-11(2,3)17-10(16)15-5-4-7-8(12)13-6-14-9(7)15;1-3-16-11(17-4-2)15-6-5-8-9(12)13-7-14-10(8)15;1-4-8-7(9-5-2)10-6-3;7-5-4-1-2-8-6(4)10-3-9-5/h7-11H,1-6H3;1-7,9H,8,10H2;4-6H,7H2,1-3H3;4-5,8H,6-7,9H2,1-3H3;4-6H,1-3H3;5-7,11H,3-4H2,1-2H3;7H,4-6H2,1-3H3;1-3H,(H,8,9,10). The first-order valence-corrected chi connectivity index (χ1v) is 49.9. The molecule has 15 aromatic rings. The average Bonchev–Trinajstić information content (AvgIpc) is 1.70. The Bertz CT molecular complexity index is 5950. The predicted molar refractivity (Wildman–Crippen MR) is 513 cm³/mol. The monoisotopic (exact) mass is 1940 g/mol. The summed E-state index contributed by atoms with van der Waals surface area (Å²) < 4.78 is 61.6. The van der Waals surface area contributed by atoms with Crippen molar-refractivity contribution in [3.8, 4) is 0 Å². The van der Waals surface area contributed by atoms with Crippen LogP contribution < -0.4 is 0 Å². The van der Waals surface area contributed by atoms with Crippen molar-refractivity contribution in [3.05, 3.63) is 202 Å². The molecule has 694 valence electrons. The Morgan fingerprint density at radius 2 is 0.829 bits per heavy atom. The summed E-state index contributed by atoms with van der Waals surface area (Å²) in [5.41, 5.74) is 6.33. The van der Waals surface area contributed by atoms with E-state index < -0.39 is 46.5 Å². The van der Waals surface area contributed by atoms with Gasteiger partial charge in [-0.25, -0.2) is 79.1 Å². The molecular formula is C87H113Cl7N22O11Si2. The number of carbonyl (C=O) groups is 2. The molecule has 14 aromatic heterocycles. The van der Waals surface area contributed by atoms with Gasteiger partial charge in [0.05, 0.1) is 49.7 Å². The van der Waals surface area contributed by atoms with E-state index in [2.05, 4.69) is 151 Å². The van der Waals surface area contributed by atoms with E-state index in [9.17, 15) is 9.59 Å². The summed E-state index contributed by atoms with van der Waals surface area (Å²) in [5, 5.41) is 8.78. The molecule has 0 radical (unpaired) electrons. The van der Waals surface area contributed by atoms with Gasteiger partial charge in [-0.05, 0) is 162 Å². The summed E-state index contributed by atoms with van der Waals surface area (Å²) in [4.78, 5) is 83.2. The van der Waals surface area contributed by atoms with E-state index in [-0.39, 0.29) is 12.7 Å². The average molecular weight is 1950 g/mol. The molecule has 0 saturated heterocycles. The molecule has 0 bridgehead atoms. The van der Waals surface area contributed by atoms with Gasteiger partial charge in [0.15, 0.2) is 12.4 Å². The Hall–Kier alpha value is -9.36. The Labute approximate surface area is 787 Å². The topological polar surface area (TPSA) is 346 Å². The summed E-state index contributed by atoms with van der Waals surface area (Å²) in [6, 6.07) is 24.2. The molecule has 1 N–H and O–H groups in total. The van der Waals surface area contributed by atoms with Crippen LogP contribution in [-0.4, -0.2) is 201 Å². The largest absolute Gasteiger partial charge is 0.443 e. The number of hydrogen-bond acceptors (Lipinski definition) is 26. The van der Waals surface area contributed by atoms with E-state index in [1.165, 1.54) is 48.6 Å². The van der Waals surface area contributed by atoms with Crippen molar-refractivity contribution in [1.29, 1.82) is 0 Å².